The molecule has 1 atom stereocenters. The molecule has 0 radical (unpaired) electrons. The zero-order valence-corrected chi connectivity index (χ0v) is 15.1. The second-order valence-corrected chi connectivity index (χ2v) is 8.23. The molecule has 0 aromatic heterocycles. The van der Waals surface area contributed by atoms with Crippen molar-refractivity contribution in [2.45, 2.75) is 11.8 Å². The molecular weight excluding hydrogens is 353 g/mol. The summed E-state index contributed by atoms with van der Waals surface area (Å²) in [4.78, 5) is 1.93. The third-order valence-corrected chi connectivity index (χ3v) is 6.38. The lowest BCUT2D eigenvalue weighted by molar-refractivity contribution is 0.162. The van der Waals surface area contributed by atoms with E-state index in [1.807, 2.05) is 23.1 Å². The van der Waals surface area contributed by atoms with Crippen LogP contribution in [0.1, 0.15) is 17.2 Å². The van der Waals surface area contributed by atoms with Crippen LogP contribution in [0.3, 0.4) is 0 Å². The van der Waals surface area contributed by atoms with Crippen molar-refractivity contribution in [2.75, 3.05) is 26.2 Å². The fourth-order valence-corrected chi connectivity index (χ4v) is 4.64. The summed E-state index contributed by atoms with van der Waals surface area (Å²) < 4.78 is 39.8. The molecule has 5 nitrogen and oxygen atoms in total. The lowest BCUT2D eigenvalue weighted by Gasteiger charge is -2.36. The van der Waals surface area contributed by atoms with Crippen LogP contribution in [-0.2, 0) is 15.8 Å². The van der Waals surface area contributed by atoms with Crippen molar-refractivity contribution in [1.82, 2.24) is 9.21 Å². The van der Waals surface area contributed by atoms with Crippen LogP contribution in [-0.4, -0.2) is 43.8 Å². The first-order valence-electron chi connectivity index (χ1n) is 8.40. The zero-order valence-electron chi connectivity index (χ0n) is 14.3. The van der Waals surface area contributed by atoms with Crippen LogP contribution in [0.25, 0.3) is 0 Å². The summed E-state index contributed by atoms with van der Waals surface area (Å²) >= 11 is 0. The van der Waals surface area contributed by atoms with Gasteiger partial charge in [-0.3, -0.25) is 4.90 Å². The Bertz CT molecular complexity index is 871. The number of benzene rings is 2. The predicted octanol–water partition coefficient (Wildman–Crippen LogP) is 2.54. The molecule has 0 spiro atoms. The maximum atomic E-state index is 13.1. The van der Waals surface area contributed by atoms with Crippen LogP contribution in [0.15, 0.2) is 54.6 Å². The van der Waals surface area contributed by atoms with Crippen LogP contribution < -0.4 is 0 Å². The van der Waals surface area contributed by atoms with Crippen molar-refractivity contribution in [1.29, 1.82) is 5.26 Å². The van der Waals surface area contributed by atoms with Gasteiger partial charge in [0.1, 0.15) is 11.9 Å². The molecule has 2 aromatic carbocycles. The van der Waals surface area contributed by atoms with E-state index in [1.165, 1.54) is 16.4 Å². The van der Waals surface area contributed by atoms with E-state index >= 15 is 0 Å². The Labute approximate surface area is 153 Å². The molecule has 3 rings (SSSR count). The Kier molecular flexibility index (Phi) is 5.67. The molecule has 1 unspecified atom stereocenters. The number of nitriles is 1. The highest BCUT2D eigenvalue weighted by atomic mass is 32.2. The number of halogens is 1. The van der Waals surface area contributed by atoms with Gasteiger partial charge in [-0.1, -0.05) is 42.5 Å². The Morgan fingerprint density at radius 3 is 2.19 bits per heavy atom. The molecular formula is C19H20FN3O2S. The van der Waals surface area contributed by atoms with Crippen LogP contribution in [0.2, 0.25) is 0 Å². The average molecular weight is 373 g/mol. The van der Waals surface area contributed by atoms with Gasteiger partial charge in [0.05, 0.1) is 11.8 Å². The van der Waals surface area contributed by atoms with Crippen molar-refractivity contribution in [3.8, 4) is 6.07 Å². The van der Waals surface area contributed by atoms with E-state index in [2.05, 4.69) is 6.07 Å². The third-order valence-electron chi connectivity index (χ3n) is 4.53. The second-order valence-electron chi connectivity index (χ2n) is 6.26. The minimum atomic E-state index is -3.39. The van der Waals surface area contributed by atoms with Crippen LogP contribution in [0.4, 0.5) is 4.39 Å². The van der Waals surface area contributed by atoms with Gasteiger partial charge in [0.25, 0.3) is 0 Å². The molecule has 1 aliphatic rings. The minimum Gasteiger partial charge on any atom is -0.282 e. The van der Waals surface area contributed by atoms with Gasteiger partial charge < -0.3 is 0 Å². The van der Waals surface area contributed by atoms with Gasteiger partial charge in [-0.25, -0.2) is 12.8 Å². The molecule has 0 aliphatic carbocycles. The summed E-state index contributed by atoms with van der Waals surface area (Å²) in [5, 5.41) is 9.50. The molecule has 0 saturated carbocycles. The van der Waals surface area contributed by atoms with Gasteiger partial charge in [-0.15, -0.1) is 0 Å². The molecule has 0 amide bonds. The Morgan fingerprint density at radius 1 is 1.00 bits per heavy atom. The Balaban J connectivity index is 1.64. The summed E-state index contributed by atoms with van der Waals surface area (Å²) in [6.45, 7) is 1.61. The molecule has 1 fully saturated rings. The van der Waals surface area contributed by atoms with E-state index in [4.69, 9.17) is 0 Å². The molecule has 0 bridgehead atoms. The molecule has 1 aliphatic heterocycles. The minimum absolute atomic E-state index is 0.0204. The van der Waals surface area contributed by atoms with Gasteiger partial charge in [-0.05, 0) is 23.3 Å². The van der Waals surface area contributed by atoms with E-state index in [-0.39, 0.29) is 11.6 Å². The first kappa shape index (κ1) is 18.5. The lowest BCUT2D eigenvalue weighted by Crippen LogP contribution is -2.49. The molecule has 7 heteroatoms. The van der Waals surface area contributed by atoms with Crippen molar-refractivity contribution in [3.63, 3.8) is 0 Å². The zero-order chi connectivity index (χ0) is 18.6. The third kappa shape index (κ3) is 4.28. The molecule has 1 heterocycles. The Morgan fingerprint density at radius 2 is 1.62 bits per heavy atom. The molecule has 26 heavy (non-hydrogen) atoms. The number of sulfonamides is 1. The maximum absolute atomic E-state index is 13.1. The number of hydrogen-bond donors (Lipinski definition) is 0. The van der Waals surface area contributed by atoms with E-state index in [9.17, 15) is 18.1 Å². The lowest BCUT2D eigenvalue weighted by atomic mass is 10.1. The monoisotopic (exact) mass is 373 g/mol. The highest BCUT2D eigenvalue weighted by Gasteiger charge is 2.30. The molecule has 0 N–H and O–H groups in total. The molecule has 136 valence electrons. The highest BCUT2D eigenvalue weighted by Crippen LogP contribution is 2.23. The van der Waals surface area contributed by atoms with Gasteiger partial charge >= 0.3 is 0 Å². The van der Waals surface area contributed by atoms with E-state index in [0.29, 0.717) is 26.2 Å². The molecule has 2 aromatic rings. The average Bonchev–Trinajstić information content (AvgIpc) is 2.65. The van der Waals surface area contributed by atoms with Crippen molar-refractivity contribution >= 4 is 10.0 Å². The van der Waals surface area contributed by atoms with Crippen molar-refractivity contribution in [2.24, 2.45) is 0 Å². The predicted molar refractivity (Wildman–Crippen MR) is 97.0 cm³/mol. The van der Waals surface area contributed by atoms with Crippen molar-refractivity contribution in [3.05, 3.63) is 71.5 Å². The van der Waals surface area contributed by atoms with Gasteiger partial charge in [0, 0.05) is 26.2 Å². The van der Waals surface area contributed by atoms with Gasteiger partial charge in [0.2, 0.25) is 10.0 Å². The van der Waals surface area contributed by atoms with Gasteiger partial charge in [0.15, 0.2) is 0 Å². The largest absolute Gasteiger partial charge is 0.282 e. The summed E-state index contributed by atoms with van der Waals surface area (Å²) in [6, 6.07) is 16.7. The second kappa shape index (κ2) is 7.96. The van der Waals surface area contributed by atoms with Crippen LogP contribution in [0, 0.1) is 17.1 Å². The first-order chi connectivity index (χ1) is 12.5. The van der Waals surface area contributed by atoms with Crippen molar-refractivity contribution < 1.29 is 12.8 Å². The quantitative estimate of drug-likeness (QED) is 0.808. The van der Waals surface area contributed by atoms with E-state index < -0.39 is 16.1 Å². The van der Waals surface area contributed by atoms with E-state index in [0.717, 1.165) is 11.1 Å². The van der Waals surface area contributed by atoms with Crippen LogP contribution >= 0.6 is 0 Å². The summed E-state index contributed by atoms with van der Waals surface area (Å²) in [5.41, 5.74) is 1.48. The first-order valence-corrected chi connectivity index (χ1v) is 10.0. The topological polar surface area (TPSA) is 64.4 Å². The maximum Gasteiger partial charge on any atom is 0.218 e. The summed E-state index contributed by atoms with van der Waals surface area (Å²) in [5.74, 6) is -0.365. The highest BCUT2D eigenvalue weighted by molar-refractivity contribution is 7.88. The number of rotatable bonds is 5. The fourth-order valence-electron chi connectivity index (χ4n) is 3.13. The standard InChI is InChI=1S/C19H20FN3O2S/c20-18-8-6-17(7-9-18)19(14-21)22-10-12-23(13-11-22)26(24,25)15-16-4-2-1-3-5-16/h1-9,19H,10-13,15H2. The number of hydrogen-bond acceptors (Lipinski definition) is 4. The number of piperazine rings is 1. The Hall–Kier alpha value is -2.27. The molecule has 1 saturated heterocycles. The number of nitrogens with zero attached hydrogens (tertiary/aromatic N) is 3. The smallest absolute Gasteiger partial charge is 0.218 e. The fraction of sp³-hybridized carbons (Fsp3) is 0.316. The van der Waals surface area contributed by atoms with Crippen LogP contribution in [0.5, 0.6) is 0 Å². The SMILES string of the molecule is N#CC(c1ccc(F)cc1)N1CCN(S(=O)(=O)Cc2ccccc2)CC1. The van der Waals surface area contributed by atoms with E-state index in [1.54, 1.807) is 24.3 Å². The summed E-state index contributed by atoms with van der Waals surface area (Å²) in [6.07, 6.45) is 0. The normalized spacial score (nSPS) is 17.5. The summed E-state index contributed by atoms with van der Waals surface area (Å²) in [7, 11) is -3.39. The van der Waals surface area contributed by atoms with Gasteiger partial charge in [-0.2, -0.15) is 9.57 Å².